The van der Waals surface area contributed by atoms with Crippen molar-refractivity contribution in [3.8, 4) is 0 Å². The zero-order valence-corrected chi connectivity index (χ0v) is 12.8. The van der Waals surface area contributed by atoms with Crippen molar-refractivity contribution < 1.29 is 9.53 Å². The molecule has 18 heavy (non-hydrogen) atoms. The van der Waals surface area contributed by atoms with Gasteiger partial charge in [-0.25, -0.2) is 0 Å². The molecular formula is C13H17BrClNO2. The number of ether oxygens (including phenoxy) is 1. The Morgan fingerprint density at radius 2 is 2.28 bits per heavy atom. The summed E-state index contributed by atoms with van der Waals surface area (Å²) in [7, 11) is 1.61. The Balaban J connectivity index is 2.70. The highest BCUT2D eigenvalue weighted by Gasteiger charge is 2.13. The van der Waals surface area contributed by atoms with Gasteiger partial charge in [0, 0.05) is 23.0 Å². The number of amides is 1. The number of benzene rings is 1. The summed E-state index contributed by atoms with van der Waals surface area (Å²) < 4.78 is 5.98. The van der Waals surface area contributed by atoms with E-state index in [0.717, 1.165) is 10.0 Å². The minimum atomic E-state index is -0.108. The van der Waals surface area contributed by atoms with Crippen LogP contribution in [0.15, 0.2) is 22.7 Å². The number of hydrogen-bond acceptors (Lipinski definition) is 2. The van der Waals surface area contributed by atoms with Crippen LogP contribution >= 0.6 is 27.5 Å². The lowest BCUT2D eigenvalue weighted by Gasteiger charge is -2.17. The lowest BCUT2D eigenvalue weighted by Crippen LogP contribution is -2.38. The molecule has 1 aromatic rings. The van der Waals surface area contributed by atoms with Gasteiger partial charge in [-0.2, -0.15) is 0 Å². The number of halogens is 2. The van der Waals surface area contributed by atoms with E-state index in [1.54, 1.807) is 13.2 Å². The third-order valence-electron chi connectivity index (χ3n) is 2.59. The summed E-state index contributed by atoms with van der Waals surface area (Å²) in [5.41, 5.74) is 1.73. The van der Waals surface area contributed by atoms with E-state index in [1.165, 1.54) is 0 Å². The Kier molecular flexibility index (Phi) is 6.68. The van der Waals surface area contributed by atoms with Gasteiger partial charge in [-0.15, -0.1) is 11.6 Å². The molecule has 0 aromatic heterocycles. The molecule has 1 unspecified atom stereocenters. The molecule has 1 N–H and O–H groups in total. The largest absolute Gasteiger partial charge is 0.383 e. The molecule has 5 heteroatoms. The number of methoxy groups -OCH3 is 1. The van der Waals surface area contributed by atoms with Gasteiger partial charge < -0.3 is 10.1 Å². The number of carbonyl (C=O) groups is 1. The fourth-order valence-corrected chi connectivity index (χ4v) is 2.18. The summed E-state index contributed by atoms with van der Waals surface area (Å²) in [6, 6.07) is 5.47. The normalized spacial score (nSPS) is 12.2. The van der Waals surface area contributed by atoms with Gasteiger partial charge in [0.2, 0.25) is 0 Å². The van der Waals surface area contributed by atoms with Crippen LogP contribution in [-0.2, 0) is 4.74 Å². The molecule has 0 saturated heterocycles. The summed E-state index contributed by atoms with van der Waals surface area (Å²) in [5, 5.41) is 2.91. The molecule has 1 amide bonds. The number of aryl methyl sites for hydroxylation is 1. The van der Waals surface area contributed by atoms with Crippen LogP contribution in [-0.4, -0.2) is 31.5 Å². The van der Waals surface area contributed by atoms with Crippen molar-refractivity contribution in [1.82, 2.24) is 5.32 Å². The van der Waals surface area contributed by atoms with Crippen molar-refractivity contribution in [1.29, 1.82) is 0 Å². The van der Waals surface area contributed by atoms with Crippen LogP contribution in [0.1, 0.15) is 22.3 Å². The van der Waals surface area contributed by atoms with E-state index in [1.807, 2.05) is 19.1 Å². The quantitative estimate of drug-likeness (QED) is 0.812. The van der Waals surface area contributed by atoms with Gasteiger partial charge in [-0.05, 0) is 31.0 Å². The predicted octanol–water partition coefficient (Wildman–Crippen LogP) is 3.13. The summed E-state index contributed by atoms with van der Waals surface area (Å²) >= 11 is 9.11. The smallest absolute Gasteiger partial charge is 0.251 e. The minimum Gasteiger partial charge on any atom is -0.383 e. The second-order valence-electron chi connectivity index (χ2n) is 4.07. The van der Waals surface area contributed by atoms with E-state index in [9.17, 15) is 4.79 Å². The zero-order chi connectivity index (χ0) is 13.5. The van der Waals surface area contributed by atoms with E-state index in [0.29, 0.717) is 24.5 Å². The molecule has 0 aliphatic rings. The van der Waals surface area contributed by atoms with Gasteiger partial charge in [-0.3, -0.25) is 4.79 Å². The zero-order valence-electron chi connectivity index (χ0n) is 10.5. The molecule has 0 heterocycles. The van der Waals surface area contributed by atoms with Crippen LogP contribution in [0.5, 0.6) is 0 Å². The molecule has 0 spiro atoms. The van der Waals surface area contributed by atoms with Crippen LogP contribution < -0.4 is 5.32 Å². The van der Waals surface area contributed by atoms with Crippen LogP contribution in [0.4, 0.5) is 0 Å². The molecule has 1 rings (SSSR count). The maximum absolute atomic E-state index is 12.0. The van der Waals surface area contributed by atoms with Crippen molar-refractivity contribution in [2.24, 2.45) is 0 Å². The monoisotopic (exact) mass is 333 g/mol. The van der Waals surface area contributed by atoms with Gasteiger partial charge in [0.25, 0.3) is 5.91 Å². The van der Waals surface area contributed by atoms with Crippen LogP contribution in [0.2, 0.25) is 0 Å². The molecule has 1 atom stereocenters. The molecule has 3 nitrogen and oxygen atoms in total. The van der Waals surface area contributed by atoms with Crippen LogP contribution in [0, 0.1) is 6.92 Å². The second kappa shape index (κ2) is 7.77. The highest BCUT2D eigenvalue weighted by atomic mass is 79.9. The second-order valence-corrected chi connectivity index (χ2v) is 5.30. The van der Waals surface area contributed by atoms with Gasteiger partial charge in [0.15, 0.2) is 0 Å². The Hall–Kier alpha value is -0.580. The van der Waals surface area contributed by atoms with Crippen LogP contribution in [0.25, 0.3) is 0 Å². The molecule has 0 fully saturated rings. The summed E-state index contributed by atoms with van der Waals surface area (Å²) in [6.07, 6.45) is 0.689. The average Bonchev–Trinajstić information content (AvgIpc) is 2.33. The molecule has 0 radical (unpaired) electrons. The fraction of sp³-hybridized carbons (Fsp3) is 0.462. The third kappa shape index (κ3) is 4.59. The Morgan fingerprint density at radius 1 is 1.56 bits per heavy atom. The summed E-state index contributed by atoms with van der Waals surface area (Å²) in [5.74, 6) is 0.384. The van der Waals surface area contributed by atoms with Gasteiger partial charge in [0.05, 0.1) is 12.6 Å². The Morgan fingerprint density at radius 3 is 2.83 bits per heavy atom. The Labute approximate surface area is 121 Å². The van der Waals surface area contributed by atoms with Crippen molar-refractivity contribution >= 4 is 33.4 Å². The molecule has 0 aliphatic heterocycles. The van der Waals surface area contributed by atoms with Gasteiger partial charge in [-0.1, -0.05) is 22.0 Å². The first-order chi connectivity index (χ1) is 8.58. The Bertz CT molecular complexity index is 406. The lowest BCUT2D eigenvalue weighted by atomic mass is 10.1. The summed E-state index contributed by atoms with van der Waals surface area (Å²) in [6.45, 7) is 2.44. The molecule has 100 valence electrons. The maximum Gasteiger partial charge on any atom is 0.251 e. The number of carbonyl (C=O) groups excluding carboxylic acids is 1. The first-order valence-corrected chi connectivity index (χ1v) is 7.03. The van der Waals surface area contributed by atoms with Gasteiger partial charge in [0.1, 0.15) is 0 Å². The molecule has 0 saturated carbocycles. The lowest BCUT2D eigenvalue weighted by molar-refractivity contribution is 0.0895. The predicted molar refractivity (Wildman–Crippen MR) is 77.3 cm³/mol. The van der Waals surface area contributed by atoms with Crippen molar-refractivity contribution in [3.63, 3.8) is 0 Å². The topological polar surface area (TPSA) is 38.3 Å². The number of rotatable bonds is 6. The van der Waals surface area contributed by atoms with E-state index in [4.69, 9.17) is 16.3 Å². The average molecular weight is 335 g/mol. The molecular weight excluding hydrogens is 318 g/mol. The minimum absolute atomic E-state index is 0.0555. The number of nitrogens with one attached hydrogen (secondary N) is 1. The number of alkyl halides is 1. The number of hydrogen-bond donors (Lipinski definition) is 1. The van der Waals surface area contributed by atoms with E-state index in [-0.39, 0.29) is 11.9 Å². The van der Waals surface area contributed by atoms with E-state index in [2.05, 4.69) is 21.2 Å². The first kappa shape index (κ1) is 15.5. The van der Waals surface area contributed by atoms with E-state index >= 15 is 0 Å². The van der Waals surface area contributed by atoms with Crippen LogP contribution in [0.3, 0.4) is 0 Å². The van der Waals surface area contributed by atoms with Crippen molar-refractivity contribution in [2.75, 3.05) is 19.6 Å². The molecule has 0 aliphatic carbocycles. The standard InChI is InChI=1S/C13H17BrClNO2/c1-9-3-4-10(7-12(9)14)13(17)16-11(5-6-15)8-18-2/h3-4,7,11H,5-6,8H2,1-2H3,(H,16,17). The third-order valence-corrected chi connectivity index (χ3v) is 3.67. The molecule has 1 aromatic carbocycles. The van der Waals surface area contributed by atoms with Gasteiger partial charge >= 0.3 is 0 Å². The molecule has 0 bridgehead atoms. The fourth-order valence-electron chi connectivity index (χ4n) is 1.53. The maximum atomic E-state index is 12.0. The summed E-state index contributed by atoms with van der Waals surface area (Å²) in [4.78, 5) is 12.0. The van der Waals surface area contributed by atoms with Crippen molar-refractivity contribution in [3.05, 3.63) is 33.8 Å². The highest BCUT2D eigenvalue weighted by Crippen LogP contribution is 2.17. The van der Waals surface area contributed by atoms with Crippen molar-refractivity contribution in [2.45, 2.75) is 19.4 Å². The van der Waals surface area contributed by atoms with E-state index < -0.39 is 0 Å². The first-order valence-electron chi connectivity index (χ1n) is 5.70. The SMILES string of the molecule is COCC(CCCl)NC(=O)c1ccc(C)c(Br)c1. The highest BCUT2D eigenvalue weighted by molar-refractivity contribution is 9.10.